The Balaban J connectivity index is 1.18. The quantitative estimate of drug-likeness (QED) is 0.574. The van der Waals surface area contributed by atoms with E-state index in [2.05, 4.69) is 16.4 Å². The van der Waals surface area contributed by atoms with Gasteiger partial charge in [0.15, 0.2) is 0 Å². The largest absolute Gasteiger partial charge is 0.497 e. The van der Waals surface area contributed by atoms with Gasteiger partial charge in [-0.15, -0.1) is 0 Å². The zero-order valence-corrected chi connectivity index (χ0v) is 18.3. The lowest BCUT2D eigenvalue weighted by Gasteiger charge is -2.23. The number of fused-ring (bicyclic) bond motifs is 2. The zero-order valence-electron chi connectivity index (χ0n) is 18.3. The Labute approximate surface area is 191 Å². The molecule has 7 heteroatoms. The van der Waals surface area contributed by atoms with Crippen LogP contribution in [0, 0.1) is 11.8 Å². The van der Waals surface area contributed by atoms with E-state index in [1.807, 2.05) is 41.4 Å². The van der Waals surface area contributed by atoms with Crippen molar-refractivity contribution in [3.63, 3.8) is 0 Å². The van der Waals surface area contributed by atoms with Crippen molar-refractivity contribution in [1.82, 2.24) is 9.88 Å². The molecule has 0 unspecified atom stereocenters. The number of hydrogen-bond donors (Lipinski definition) is 2. The molecule has 1 aromatic heterocycles. The molecule has 1 spiro atoms. The third-order valence-electron chi connectivity index (χ3n) is 7.17. The van der Waals surface area contributed by atoms with Gasteiger partial charge in [-0.1, -0.05) is 30.4 Å². The number of H-pyrrole nitrogens is 1. The lowest BCUT2D eigenvalue weighted by Crippen LogP contribution is -2.41. The average molecular weight is 444 g/mol. The summed E-state index contributed by atoms with van der Waals surface area (Å²) < 4.78 is 11.4. The van der Waals surface area contributed by atoms with E-state index in [0.717, 1.165) is 17.7 Å². The second-order valence-electron chi connectivity index (χ2n) is 8.99. The van der Waals surface area contributed by atoms with Gasteiger partial charge in [0.1, 0.15) is 11.4 Å². The first-order chi connectivity index (χ1) is 16.1. The highest BCUT2D eigenvalue weighted by Gasteiger charge is 2.66. The molecule has 2 bridgehead atoms. The fourth-order valence-electron chi connectivity index (χ4n) is 5.56. The predicted molar refractivity (Wildman–Crippen MR) is 124 cm³/mol. The minimum atomic E-state index is -0.704. The van der Waals surface area contributed by atoms with Crippen molar-refractivity contribution in [2.24, 2.45) is 11.8 Å². The Morgan fingerprint density at radius 3 is 2.88 bits per heavy atom. The Morgan fingerprint density at radius 1 is 1.24 bits per heavy atom. The van der Waals surface area contributed by atoms with E-state index in [-0.39, 0.29) is 17.9 Å². The van der Waals surface area contributed by atoms with Gasteiger partial charge in [-0.05, 0) is 42.3 Å². The lowest BCUT2D eigenvalue weighted by molar-refractivity contribution is -0.135. The molecule has 2 aromatic carbocycles. The number of benzene rings is 2. The maximum absolute atomic E-state index is 13.5. The van der Waals surface area contributed by atoms with Crippen molar-refractivity contribution < 1.29 is 19.1 Å². The Kier molecular flexibility index (Phi) is 4.55. The molecule has 0 aliphatic carbocycles. The molecule has 2 fully saturated rings. The van der Waals surface area contributed by atoms with Crippen LogP contribution in [0.25, 0.3) is 10.9 Å². The number of para-hydroxylation sites is 1. The molecule has 3 aliphatic heterocycles. The summed E-state index contributed by atoms with van der Waals surface area (Å²) in [6.07, 6.45) is 6.31. The van der Waals surface area contributed by atoms with Crippen LogP contribution in [0.15, 0.2) is 66.9 Å². The van der Waals surface area contributed by atoms with E-state index in [4.69, 9.17) is 9.47 Å². The normalized spacial score (nSPS) is 27.4. The van der Waals surface area contributed by atoms with Gasteiger partial charge in [-0.3, -0.25) is 9.59 Å². The molecule has 168 valence electrons. The van der Waals surface area contributed by atoms with Gasteiger partial charge >= 0.3 is 0 Å². The highest BCUT2D eigenvalue weighted by Crippen LogP contribution is 2.52. The summed E-state index contributed by atoms with van der Waals surface area (Å²) in [6, 6.07) is 15.3. The summed E-state index contributed by atoms with van der Waals surface area (Å²) in [5.74, 6) is -0.504. The number of carbonyl (C=O) groups is 2. The zero-order chi connectivity index (χ0) is 22.6. The van der Waals surface area contributed by atoms with E-state index in [1.54, 1.807) is 31.4 Å². The fraction of sp³-hybridized carbons (Fsp3) is 0.308. The topological polar surface area (TPSA) is 83.7 Å². The molecule has 7 nitrogen and oxygen atoms in total. The number of aromatic nitrogens is 1. The fourth-order valence-corrected chi connectivity index (χ4v) is 5.56. The number of hydrogen-bond acceptors (Lipinski definition) is 4. The minimum Gasteiger partial charge on any atom is -0.497 e. The number of likely N-dealkylation sites (tertiary alicyclic amines) is 1. The van der Waals surface area contributed by atoms with Crippen LogP contribution < -0.4 is 10.1 Å². The van der Waals surface area contributed by atoms with Crippen molar-refractivity contribution in [1.29, 1.82) is 0 Å². The van der Waals surface area contributed by atoms with E-state index >= 15 is 0 Å². The van der Waals surface area contributed by atoms with Crippen LogP contribution in [-0.2, 0) is 20.7 Å². The van der Waals surface area contributed by atoms with Crippen LogP contribution in [0.1, 0.15) is 5.56 Å². The molecule has 6 rings (SSSR count). The Morgan fingerprint density at radius 2 is 2.06 bits per heavy atom. The molecular formula is C26H25N3O4. The number of nitrogens with zero attached hydrogens (tertiary/aromatic N) is 1. The van der Waals surface area contributed by atoms with Crippen molar-refractivity contribution in [2.75, 3.05) is 25.5 Å². The SMILES string of the molecule is COc1ccc(NC(=O)[C@H]2[C@H]3C(=O)N(CCc4c[nH]c5ccccc45)C[C@@]34C=C[C@H]2O4)cc1. The van der Waals surface area contributed by atoms with Gasteiger partial charge in [-0.2, -0.15) is 0 Å². The van der Waals surface area contributed by atoms with Gasteiger partial charge < -0.3 is 24.7 Å². The van der Waals surface area contributed by atoms with Gasteiger partial charge in [0.05, 0.1) is 31.6 Å². The summed E-state index contributed by atoms with van der Waals surface area (Å²) in [7, 11) is 1.60. The van der Waals surface area contributed by atoms with Gasteiger partial charge in [0, 0.05) is 29.3 Å². The van der Waals surface area contributed by atoms with Gasteiger partial charge in [-0.25, -0.2) is 0 Å². The second-order valence-corrected chi connectivity index (χ2v) is 8.99. The van der Waals surface area contributed by atoms with Crippen LogP contribution in [0.4, 0.5) is 5.69 Å². The van der Waals surface area contributed by atoms with Crippen molar-refractivity contribution >= 4 is 28.4 Å². The van der Waals surface area contributed by atoms with E-state index < -0.39 is 17.4 Å². The van der Waals surface area contributed by atoms with Gasteiger partial charge in [0.2, 0.25) is 11.8 Å². The summed E-state index contributed by atoms with van der Waals surface area (Å²) in [4.78, 5) is 31.8. The molecule has 4 heterocycles. The lowest BCUT2D eigenvalue weighted by atomic mass is 9.77. The number of aromatic amines is 1. The number of ether oxygens (including phenoxy) is 2. The maximum atomic E-state index is 13.5. The van der Waals surface area contributed by atoms with Gasteiger partial charge in [0.25, 0.3) is 0 Å². The number of anilines is 1. The molecule has 0 radical (unpaired) electrons. The van der Waals surface area contributed by atoms with Crippen molar-refractivity contribution in [3.05, 3.63) is 72.4 Å². The standard InChI is InChI=1S/C26H25N3O4/c1-32-18-8-6-17(7-9-18)28-24(30)22-21-10-12-26(33-21)15-29(25(31)23(22)26)13-11-16-14-27-20-5-3-2-4-19(16)20/h2-10,12,14,21-23,27H,11,13,15H2,1H3,(H,28,30)/t21-,22-,23+,26+/m1/s1. The summed E-state index contributed by atoms with van der Waals surface area (Å²) in [5.41, 5.74) is 2.24. The first-order valence-corrected chi connectivity index (χ1v) is 11.2. The summed E-state index contributed by atoms with van der Waals surface area (Å²) in [5, 5.41) is 4.13. The average Bonchev–Trinajstić information content (AvgIpc) is 3.58. The summed E-state index contributed by atoms with van der Waals surface area (Å²) >= 11 is 0. The minimum absolute atomic E-state index is 0.00317. The molecule has 0 saturated carbocycles. The monoisotopic (exact) mass is 443 g/mol. The van der Waals surface area contributed by atoms with Crippen LogP contribution in [-0.4, -0.2) is 53.6 Å². The molecule has 2 amide bonds. The predicted octanol–water partition coefficient (Wildman–Crippen LogP) is 3.14. The molecule has 3 aliphatic rings. The van der Waals surface area contributed by atoms with Crippen molar-refractivity contribution in [3.8, 4) is 5.75 Å². The maximum Gasteiger partial charge on any atom is 0.231 e. The Bertz CT molecular complexity index is 1260. The highest BCUT2D eigenvalue weighted by molar-refractivity contribution is 5.99. The third kappa shape index (κ3) is 3.15. The second kappa shape index (κ2) is 7.49. The molecule has 2 N–H and O–H groups in total. The van der Waals surface area contributed by atoms with Crippen molar-refractivity contribution in [2.45, 2.75) is 18.1 Å². The first kappa shape index (κ1) is 20.1. The molecular weight excluding hydrogens is 418 g/mol. The number of rotatable bonds is 6. The number of methoxy groups -OCH3 is 1. The molecule has 33 heavy (non-hydrogen) atoms. The number of carbonyl (C=O) groups excluding carboxylic acids is 2. The third-order valence-corrected chi connectivity index (χ3v) is 7.17. The first-order valence-electron chi connectivity index (χ1n) is 11.2. The molecule has 3 aromatic rings. The number of nitrogens with one attached hydrogen (secondary N) is 2. The van der Waals surface area contributed by atoms with Crippen LogP contribution in [0.5, 0.6) is 5.75 Å². The molecule has 4 atom stereocenters. The number of amides is 2. The smallest absolute Gasteiger partial charge is 0.231 e. The van der Waals surface area contributed by atoms with Crippen LogP contribution in [0.2, 0.25) is 0 Å². The Hall–Kier alpha value is -3.58. The van der Waals surface area contributed by atoms with E-state index in [1.165, 1.54) is 10.9 Å². The van der Waals surface area contributed by atoms with E-state index in [9.17, 15) is 9.59 Å². The summed E-state index contributed by atoms with van der Waals surface area (Å²) in [6.45, 7) is 1.08. The highest BCUT2D eigenvalue weighted by atomic mass is 16.5. The van der Waals surface area contributed by atoms with Crippen LogP contribution in [0.3, 0.4) is 0 Å². The van der Waals surface area contributed by atoms with E-state index in [0.29, 0.717) is 18.8 Å². The van der Waals surface area contributed by atoms with Crippen LogP contribution >= 0.6 is 0 Å². The molecule has 2 saturated heterocycles.